The molecule has 1 aliphatic heterocycles. The van der Waals surface area contributed by atoms with Crippen molar-refractivity contribution in [2.24, 2.45) is 5.73 Å². The van der Waals surface area contributed by atoms with E-state index in [4.69, 9.17) is 19.9 Å². The molecule has 2 aromatic carbocycles. The molecule has 9 heteroatoms. The number of thiazole rings is 1. The molecule has 0 unspecified atom stereocenters. The quantitative estimate of drug-likeness (QED) is 0.526. The van der Waals surface area contributed by atoms with E-state index in [2.05, 4.69) is 6.07 Å². The minimum Gasteiger partial charge on any atom is -0.497 e. The number of nitrogens with two attached hydrogens (primary N) is 1. The molecule has 0 saturated heterocycles. The Kier molecular flexibility index (Phi) is 6.75. The number of nitriles is 1. The van der Waals surface area contributed by atoms with E-state index in [1.165, 1.54) is 11.7 Å². The van der Waals surface area contributed by atoms with Crippen LogP contribution >= 0.6 is 11.3 Å². The van der Waals surface area contributed by atoms with E-state index in [0.29, 0.717) is 26.3 Å². The molecule has 3 aromatic rings. The average Bonchev–Trinajstić information content (AvgIpc) is 3.19. The minimum absolute atomic E-state index is 0.0389. The maximum atomic E-state index is 13.4. The molecule has 2 heterocycles. The Labute approximate surface area is 205 Å². The maximum Gasteiger partial charge on any atom is 0.338 e. The predicted molar refractivity (Wildman–Crippen MR) is 133 cm³/mol. The molecule has 0 fully saturated rings. The van der Waals surface area contributed by atoms with Crippen LogP contribution < -0.4 is 30.0 Å². The van der Waals surface area contributed by atoms with Gasteiger partial charge in [-0.2, -0.15) is 5.26 Å². The molecule has 2 N–H and O–H groups in total. The number of hydrogen-bond donors (Lipinski definition) is 1. The number of carbonyl (C=O) groups excluding carboxylic acids is 1. The summed E-state index contributed by atoms with van der Waals surface area (Å²) in [5, 5.41) is 10.2. The van der Waals surface area contributed by atoms with Gasteiger partial charge in [-0.25, -0.2) is 4.79 Å². The molecule has 1 atom stereocenters. The highest BCUT2D eigenvalue weighted by Gasteiger charge is 2.36. The maximum absolute atomic E-state index is 13.4. The summed E-state index contributed by atoms with van der Waals surface area (Å²) < 4.78 is 17.8. The number of hydrogen-bond acceptors (Lipinski definition) is 8. The molecular weight excluding hydrogens is 466 g/mol. The predicted octanol–water partition coefficient (Wildman–Crippen LogP) is 1.92. The lowest BCUT2D eigenvalue weighted by Crippen LogP contribution is -2.40. The van der Waals surface area contributed by atoms with E-state index in [0.717, 1.165) is 16.9 Å². The fraction of sp³-hybridized carbons (Fsp3) is 0.192. The molecule has 0 amide bonds. The summed E-state index contributed by atoms with van der Waals surface area (Å²) in [4.78, 5) is 26.5. The third-order valence-corrected chi connectivity index (χ3v) is 6.69. The Morgan fingerprint density at radius 3 is 2.51 bits per heavy atom. The zero-order valence-electron chi connectivity index (χ0n) is 19.4. The lowest BCUT2D eigenvalue weighted by Gasteiger charge is -2.25. The zero-order chi connectivity index (χ0) is 25.1. The van der Waals surface area contributed by atoms with E-state index in [9.17, 15) is 14.9 Å². The Hall–Kier alpha value is -4.29. The molecule has 35 heavy (non-hydrogen) atoms. The number of aromatic nitrogens is 1. The Morgan fingerprint density at radius 1 is 1.17 bits per heavy atom. The van der Waals surface area contributed by atoms with Crippen LogP contribution in [0.2, 0.25) is 0 Å². The number of nitrogens with zero attached hydrogens (tertiary/aromatic N) is 2. The lowest BCUT2D eigenvalue weighted by atomic mass is 9.83. The molecule has 8 nitrogen and oxygen atoms in total. The van der Waals surface area contributed by atoms with Crippen LogP contribution in [0.15, 0.2) is 58.9 Å². The van der Waals surface area contributed by atoms with Gasteiger partial charge in [0.1, 0.15) is 22.0 Å². The van der Waals surface area contributed by atoms with E-state index >= 15 is 0 Å². The van der Waals surface area contributed by atoms with E-state index in [-0.39, 0.29) is 23.6 Å². The minimum atomic E-state index is -0.822. The first-order valence-electron chi connectivity index (χ1n) is 10.8. The molecule has 178 valence electrons. The molecule has 1 aliphatic rings. The third kappa shape index (κ3) is 4.32. The molecule has 4 rings (SSSR count). The van der Waals surface area contributed by atoms with E-state index in [1.54, 1.807) is 56.5 Å². The summed E-state index contributed by atoms with van der Waals surface area (Å²) in [6, 6.07) is 16.5. The Bertz CT molecular complexity index is 1560. The van der Waals surface area contributed by atoms with Crippen LogP contribution in [0.1, 0.15) is 24.0 Å². The van der Waals surface area contributed by atoms with Crippen molar-refractivity contribution >= 4 is 34.8 Å². The van der Waals surface area contributed by atoms with Gasteiger partial charge in [0.2, 0.25) is 0 Å². The van der Waals surface area contributed by atoms with Crippen molar-refractivity contribution < 1.29 is 19.0 Å². The molecule has 1 aromatic heterocycles. The monoisotopic (exact) mass is 489 g/mol. The normalized spacial score (nSPS) is 15.4. The van der Waals surface area contributed by atoms with Crippen LogP contribution in [-0.2, 0) is 9.53 Å². The number of fused-ring (bicyclic) bond motifs is 1. The summed E-state index contributed by atoms with van der Waals surface area (Å²) in [6.07, 6.45) is 1.70. The lowest BCUT2D eigenvalue weighted by molar-refractivity contribution is -0.138. The SMILES string of the molecule is CCOC(=O)C1=C(N)n2c(s/c(=C\c3cccc(OC)c3)c2=O)=C(C#N)[C@H]1c1cccc(OC)c1. The first-order valence-corrected chi connectivity index (χ1v) is 11.6. The first kappa shape index (κ1) is 23.9. The highest BCUT2D eigenvalue weighted by molar-refractivity contribution is 7.07. The van der Waals surface area contributed by atoms with Gasteiger partial charge in [0, 0.05) is 0 Å². The number of methoxy groups -OCH3 is 2. The second-order valence-electron chi connectivity index (χ2n) is 7.59. The molecular formula is C26H23N3O5S. The highest BCUT2D eigenvalue weighted by atomic mass is 32.1. The van der Waals surface area contributed by atoms with Gasteiger partial charge in [-0.05, 0) is 48.4 Å². The summed E-state index contributed by atoms with van der Waals surface area (Å²) in [7, 11) is 3.09. The van der Waals surface area contributed by atoms with Crippen molar-refractivity contribution in [3.8, 4) is 17.6 Å². The fourth-order valence-corrected chi connectivity index (χ4v) is 5.13. The van der Waals surface area contributed by atoms with Crippen LogP contribution in [0.3, 0.4) is 0 Å². The van der Waals surface area contributed by atoms with Crippen molar-refractivity contribution in [1.82, 2.24) is 4.57 Å². The summed E-state index contributed by atoms with van der Waals surface area (Å²) in [5.41, 5.74) is 7.66. The topological polar surface area (TPSA) is 117 Å². The number of esters is 1. The van der Waals surface area contributed by atoms with Gasteiger partial charge in [0.05, 0.1) is 48.5 Å². The summed E-state index contributed by atoms with van der Waals surface area (Å²) in [6.45, 7) is 1.79. The van der Waals surface area contributed by atoms with Gasteiger partial charge in [-0.3, -0.25) is 9.36 Å². The second-order valence-corrected chi connectivity index (χ2v) is 8.62. The number of ether oxygens (including phenoxy) is 3. The van der Waals surface area contributed by atoms with Gasteiger partial charge < -0.3 is 19.9 Å². The van der Waals surface area contributed by atoms with E-state index < -0.39 is 17.4 Å². The van der Waals surface area contributed by atoms with Gasteiger partial charge in [0.25, 0.3) is 5.56 Å². The Morgan fingerprint density at radius 2 is 1.86 bits per heavy atom. The summed E-state index contributed by atoms with van der Waals surface area (Å²) >= 11 is 1.14. The summed E-state index contributed by atoms with van der Waals surface area (Å²) in [5.74, 6) is -0.365. The largest absolute Gasteiger partial charge is 0.497 e. The molecule has 0 saturated carbocycles. The molecule has 0 radical (unpaired) electrons. The average molecular weight is 490 g/mol. The van der Waals surface area contributed by atoms with Crippen molar-refractivity contribution in [3.63, 3.8) is 0 Å². The number of benzene rings is 2. The first-order chi connectivity index (χ1) is 16.9. The Balaban J connectivity index is 2.05. The molecule has 0 spiro atoms. The third-order valence-electron chi connectivity index (χ3n) is 5.58. The van der Waals surface area contributed by atoms with Gasteiger partial charge in [-0.15, -0.1) is 11.3 Å². The van der Waals surface area contributed by atoms with Crippen molar-refractivity contribution in [2.75, 3.05) is 20.8 Å². The molecule has 0 aliphatic carbocycles. The van der Waals surface area contributed by atoms with Gasteiger partial charge in [-0.1, -0.05) is 24.3 Å². The van der Waals surface area contributed by atoms with Gasteiger partial charge >= 0.3 is 5.97 Å². The van der Waals surface area contributed by atoms with E-state index in [1.807, 2.05) is 12.1 Å². The van der Waals surface area contributed by atoms with Gasteiger partial charge in [0.15, 0.2) is 0 Å². The smallest absolute Gasteiger partial charge is 0.338 e. The van der Waals surface area contributed by atoms with Crippen LogP contribution in [0.5, 0.6) is 11.5 Å². The number of carbonyl (C=O) groups is 1. The standard InChI is InChI=1S/C26H23N3O5S/c1-4-34-26(31)22-21(16-8-6-10-18(13-16)33-3)19(14-27)25-29(23(22)28)24(30)20(35-25)12-15-7-5-9-17(11-15)32-2/h5-13,21H,4,28H2,1-3H3/b20-12-/t21-/m1/s1. The molecule has 0 bridgehead atoms. The van der Waals surface area contributed by atoms with Crippen molar-refractivity contribution in [2.45, 2.75) is 12.8 Å². The van der Waals surface area contributed by atoms with Crippen molar-refractivity contribution in [3.05, 3.63) is 84.8 Å². The fourth-order valence-electron chi connectivity index (χ4n) is 4.00. The number of rotatable bonds is 6. The van der Waals surface area contributed by atoms with Crippen molar-refractivity contribution in [1.29, 1.82) is 5.26 Å². The van der Waals surface area contributed by atoms with Crippen LogP contribution in [-0.4, -0.2) is 31.4 Å². The zero-order valence-corrected chi connectivity index (χ0v) is 20.2. The van der Waals surface area contributed by atoms with Crippen LogP contribution in [0.25, 0.3) is 17.5 Å². The second kappa shape index (κ2) is 9.91. The van der Waals surface area contributed by atoms with Crippen LogP contribution in [0, 0.1) is 11.3 Å². The highest BCUT2D eigenvalue weighted by Crippen LogP contribution is 2.37. The van der Waals surface area contributed by atoms with Crippen LogP contribution in [0.4, 0.5) is 0 Å².